The van der Waals surface area contributed by atoms with Gasteiger partial charge in [0.1, 0.15) is 5.71 Å². The molecule has 0 saturated heterocycles. The Morgan fingerprint density at radius 3 is 2.54 bits per heavy atom. The van der Waals surface area contributed by atoms with Gasteiger partial charge in [0.2, 0.25) is 0 Å². The molecule has 4 rings (SSSR count). The van der Waals surface area contributed by atoms with Crippen LogP contribution in [0.1, 0.15) is 71.9 Å². The zero-order valence-electron chi connectivity index (χ0n) is 18.0. The van der Waals surface area contributed by atoms with Crippen LogP contribution >= 0.6 is 0 Å². The maximum Gasteiger partial charge on any atom is 0.267 e. The van der Waals surface area contributed by atoms with Crippen LogP contribution in [-0.2, 0) is 4.79 Å². The molecule has 0 aromatic heterocycles. The number of hydrogen-bond acceptors (Lipinski definition) is 3. The van der Waals surface area contributed by atoms with Crippen LogP contribution in [0.25, 0.3) is 0 Å². The van der Waals surface area contributed by atoms with Crippen molar-refractivity contribution in [2.75, 3.05) is 6.54 Å². The predicted molar refractivity (Wildman–Crippen MR) is 114 cm³/mol. The van der Waals surface area contributed by atoms with E-state index in [0.717, 1.165) is 18.9 Å². The molecule has 1 amide bonds. The molecule has 1 heterocycles. The third-order valence-electron chi connectivity index (χ3n) is 8.09. The summed E-state index contributed by atoms with van der Waals surface area (Å²) < 4.78 is 0. The first kappa shape index (κ1) is 19.5. The van der Waals surface area contributed by atoms with Gasteiger partial charge in [-0.1, -0.05) is 65.0 Å². The predicted octanol–water partition coefficient (Wildman–Crippen LogP) is 4.78. The maximum absolute atomic E-state index is 13.2. The number of fused-ring (bicyclic) bond motifs is 2. The fourth-order valence-electron chi connectivity index (χ4n) is 5.86. The van der Waals surface area contributed by atoms with Crippen LogP contribution in [0.5, 0.6) is 0 Å². The van der Waals surface area contributed by atoms with E-state index in [0.29, 0.717) is 23.5 Å². The van der Waals surface area contributed by atoms with Gasteiger partial charge >= 0.3 is 0 Å². The molecule has 2 aliphatic carbocycles. The summed E-state index contributed by atoms with van der Waals surface area (Å²) in [6.45, 7) is 12.4. The van der Waals surface area contributed by atoms with Crippen molar-refractivity contribution in [1.29, 1.82) is 0 Å². The summed E-state index contributed by atoms with van der Waals surface area (Å²) in [4.78, 5) is 13.2. The van der Waals surface area contributed by atoms with Gasteiger partial charge < -0.3 is 5.32 Å². The monoisotopic (exact) mass is 381 g/mol. The van der Waals surface area contributed by atoms with Crippen molar-refractivity contribution in [2.24, 2.45) is 27.8 Å². The molecular formula is C24H35N3O. The van der Waals surface area contributed by atoms with Crippen LogP contribution < -0.4 is 5.32 Å². The van der Waals surface area contributed by atoms with E-state index in [4.69, 9.17) is 5.10 Å². The molecule has 1 aromatic carbocycles. The van der Waals surface area contributed by atoms with E-state index in [-0.39, 0.29) is 23.4 Å². The quantitative estimate of drug-likeness (QED) is 0.798. The third-order valence-corrected chi connectivity index (χ3v) is 8.09. The van der Waals surface area contributed by atoms with Crippen molar-refractivity contribution in [3.05, 3.63) is 35.9 Å². The van der Waals surface area contributed by atoms with Gasteiger partial charge in [0.05, 0.1) is 6.04 Å². The van der Waals surface area contributed by atoms with Crippen LogP contribution in [0.4, 0.5) is 0 Å². The summed E-state index contributed by atoms with van der Waals surface area (Å²) in [7, 11) is 0. The van der Waals surface area contributed by atoms with Gasteiger partial charge in [-0.05, 0) is 47.5 Å². The molecule has 2 saturated carbocycles. The van der Waals surface area contributed by atoms with Crippen LogP contribution in [0.2, 0.25) is 0 Å². The minimum Gasteiger partial charge on any atom is -0.348 e. The van der Waals surface area contributed by atoms with Gasteiger partial charge in [0.15, 0.2) is 0 Å². The Kier molecular flexibility index (Phi) is 4.79. The fourth-order valence-corrected chi connectivity index (χ4v) is 5.86. The summed E-state index contributed by atoms with van der Waals surface area (Å²) in [5.74, 6) is 1.27. The number of amides is 1. The van der Waals surface area contributed by atoms with Gasteiger partial charge in [0, 0.05) is 19.0 Å². The molecule has 1 aromatic rings. The summed E-state index contributed by atoms with van der Waals surface area (Å²) in [6.07, 6.45) is 4.32. The highest BCUT2D eigenvalue weighted by molar-refractivity contribution is 6.39. The summed E-state index contributed by atoms with van der Waals surface area (Å²) in [5, 5.41) is 10.3. The molecule has 2 fully saturated rings. The molecule has 1 aliphatic heterocycles. The number of nitrogens with one attached hydrogen (secondary N) is 1. The number of nitrogens with zero attached hydrogens (tertiary/aromatic N) is 2. The lowest BCUT2D eigenvalue weighted by atomic mass is 9.69. The van der Waals surface area contributed by atoms with Gasteiger partial charge in [-0.15, -0.1) is 0 Å². The maximum atomic E-state index is 13.2. The van der Waals surface area contributed by atoms with E-state index in [2.05, 4.69) is 69.2 Å². The Balaban J connectivity index is 1.50. The number of carbonyl (C=O) groups excluding carboxylic acids is 1. The molecule has 3 aliphatic rings. The molecule has 152 valence electrons. The topological polar surface area (TPSA) is 44.7 Å². The number of carbonyl (C=O) groups is 1. The highest BCUT2D eigenvalue weighted by Gasteiger charge is 2.61. The van der Waals surface area contributed by atoms with E-state index in [1.165, 1.54) is 18.4 Å². The number of hydrazone groups is 1. The van der Waals surface area contributed by atoms with Crippen LogP contribution in [-0.4, -0.2) is 29.2 Å². The molecule has 28 heavy (non-hydrogen) atoms. The highest BCUT2D eigenvalue weighted by Crippen LogP contribution is 2.65. The van der Waals surface area contributed by atoms with Crippen molar-refractivity contribution < 1.29 is 4.79 Å². The lowest BCUT2D eigenvalue weighted by Crippen LogP contribution is -2.48. The standard InChI is InChI=1S/C24H35N3O/c1-16(2)15-27-20(17-9-7-6-8-10-17)14-19(26-27)22(28)25-21-13-18-11-12-24(21,5)23(18,3)4/h6-10,16,18,20-21H,11-15H2,1-5H3,(H,25,28)/t18-,20?,21+,24+/m1/s1. The van der Waals surface area contributed by atoms with E-state index in [1.807, 2.05) is 6.07 Å². The zero-order valence-corrected chi connectivity index (χ0v) is 18.0. The Morgan fingerprint density at radius 2 is 1.96 bits per heavy atom. The molecule has 0 spiro atoms. The molecule has 4 atom stereocenters. The summed E-state index contributed by atoms with van der Waals surface area (Å²) in [5.41, 5.74) is 2.43. The highest BCUT2D eigenvalue weighted by atomic mass is 16.2. The molecule has 2 bridgehead atoms. The first-order chi connectivity index (χ1) is 13.2. The lowest BCUT2D eigenvalue weighted by Gasteiger charge is -2.39. The van der Waals surface area contributed by atoms with Crippen molar-refractivity contribution in [3.8, 4) is 0 Å². The van der Waals surface area contributed by atoms with Crippen LogP contribution in [0, 0.1) is 22.7 Å². The van der Waals surface area contributed by atoms with Gasteiger partial charge in [-0.25, -0.2) is 0 Å². The Labute approximate surface area is 169 Å². The third kappa shape index (κ3) is 3.05. The van der Waals surface area contributed by atoms with Gasteiger partial charge in [-0.3, -0.25) is 9.80 Å². The van der Waals surface area contributed by atoms with Crippen molar-refractivity contribution in [1.82, 2.24) is 10.3 Å². The number of benzene rings is 1. The lowest BCUT2D eigenvalue weighted by molar-refractivity contribution is -0.116. The molecule has 1 N–H and O–H groups in total. The number of rotatable bonds is 5. The van der Waals surface area contributed by atoms with Crippen LogP contribution in [0.15, 0.2) is 35.4 Å². The van der Waals surface area contributed by atoms with Crippen molar-refractivity contribution in [2.45, 2.75) is 72.4 Å². The summed E-state index contributed by atoms with van der Waals surface area (Å²) >= 11 is 0. The van der Waals surface area contributed by atoms with Crippen molar-refractivity contribution >= 4 is 11.6 Å². The average molecular weight is 382 g/mol. The van der Waals surface area contributed by atoms with Crippen molar-refractivity contribution in [3.63, 3.8) is 0 Å². The molecule has 0 radical (unpaired) electrons. The SMILES string of the molecule is CC(C)CN1N=C(C(=O)N[C@H]2C[C@H]3CC[C@]2(C)C3(C)C)CC1c1ccccc1. The van der Waals surface area contributed by atoms with E-state index in [9.17, 15) is 4.79 Å². The zero-order chi connectivity index (χ0) is 20.1. The minimum absolute atomic E-state index is 0.0433. The Bertz CT molecular complexity index is 769. The fraction of sp³-hybridized carbons (Fsp3) is 0.667. The first-order valence-corrected chi connectivity index (χ1v) is 10.9. The molecule has 4 heteroatoms. The second kappa shape index (κ2) is 6.89. The molecule has 4 nitrogen and oxygen atoms in total. The second-order valence-corrected chi connectivity index (χ2v) is 10.3. The number of hydrogen-bond donors (Lipinski definition) is 1. The van der Waals surface area contributed by atoms with Gasteiger partial charge in [-0.2, -0.15) is 5.10 Å². The normalized spacial score (nSPS) is 33.4. The Hall–Kier alpha value is -1.84. The van der Waals surface area contributed by atoms with E-state index < -0.39 is 0 Å². The van der Waals surface area contributed by atoms with E-state index >= 15 is 0 Å². The minimum atomic E-state index is 0.0433. The van der Waals surface area contributed by atoms with E-state index in [1.54, 1.807) is 0 Å². The smallest absolute Gasteiger partial charge is 0.267 e. The summed E-state index contributed by atoms with van der Waals surface area (Å²) in [6, 6.07) is 10.9. The largest absolute Gasteiger partial charge is 0.348 e. The van der Waals surface area contributed by atoms with Gasteiger partial charge in [0.25, 0.3) is 5.91 Å². The first-order valence-electron chi connectivity index (χ1n) is 10.9. The Morgan fingerprint density at radius 1 is 1.25 bits per heavy atom. The van der Waals surface area contributed by atoms with Crippen LogP contribution in [0.3, 0.4) is 0 Å². The second-order valence-electron chi connectivity index (χ2n) is 10.3. The molecular weight excluding hydrogens is 346 g/mol. The average Bonchev–Trinajstić information content (AvgIpc) is 3.21. The molecule has 1 unspecified atom stereocenters.